The first-order valence-corrected chi connectivity index (χ1v) is 9.55. The molecule has 0 aromatic heterocycles. The molecule has 2 rings (SSSR count). The van der Waals surface area contributed by atoms with E-state index >= 15 is 0 Å². The van der Waals surface area contributed by atoms with Crippen LogP contribution in [0.3, 0.4) is 0 Å². The Morgan fingerprint density at radius 1 is 1.19 bits per heavy atom. The molecule has 0 bridgehead atoms. The van der Waals surface area contributed by atoms with Gasteiger partial charge in [-0.3, -0.25) is 9.59 Å². The van der Waals surface area contributed by atoms with Crippen molar-refractivity contribution in [3.8, 4) is 6.07 Å². The van der Waals surface area contributed by atoms with Crippen LogP contribution in [0.15, 0.2) is 24.3 Å². The molecule has 1 aromatic rings. The molecule has 1 atom stereocenters. The van der Waals surface area contributed by atoms with Crippen LogP contribution in [0.2, 0.25) is 0 Å². The number of quaternary nitrogens is 1. The predicted octanol–water partition coefficient (Wildman–Crippen LogP) is 0.334. The first-order valence-electron chi connectivity index (χ1n) is 9.55. The first kappa shape index (κ1) is 20.9. The Morgan fingerprint density at radius 2 is 1.85 bits per heavy atom. The van der Waals surface area contributed by atoms with Gasteiger partial charge in [0.15, 0.2) is 0 Å². The highest BCUT2D eigenvalue weighted by Gasteiger charge is 2.15. The molecule has 1 fully saturated rings. The van der Waals surface area contributed by atoms with Crippen molar-refractivity contribution in [3.63, 3.8) is 0 Å². The molecule has 1 aliphatic heterocycles. The maximum atomic E-state index is 12.1. The van der Waals surface area contributed by atoms with Crippen LogP contribution in [0, 0.1) is 17.2 Å². The number of nitriles is 1. The highest BCUT2D eigenvalue weighted by Crippen LogP contribution is 2.12. The Bertz CT molecular complexity index is 648. The molecule has 1 heterocycles. The second-order valence-corrected chi connectivity index (χ2v) is 7.07. The van der Waals surface area contributed by atoms with E-state index in [-0.39, 0.29) is 24.2 Å². The van der Waals surface area contributed by atoms with Crippen molar-refractivity contribution in [1.82, 2.24) is 5.32 Å². The van der Waals surface area contributed by atoms with Gasteiger partial charge < -0.3 is 20.3 Å². The molecule has 2 amide bonds. The Balaban J connectivity index is 1.59. The van der Waals surface area contributed by atoms with Crippen LogP contribution in [0.5, 0.6) is 0 Å². The normalized spacial score (nSPS) is 15.6. The van der Waals surface area contributed by atoms with Crippen molar-refractivity contribution in [3.05, 3.63) is 29.8 Å². The topological polar surface area (TPSA) is 95.7 Å². The number of hydrogen-bond acceptors (Lipinski definition) is 4. The quantitative estimate of drug-likeness (QED) is 0.544. The minimum absolute atomic E-state index is 0.00866. The molecule has 1 saturated heterocycles. The lowest BCUT2D eigenvalue weighted by molar-refractivity contribution is -0.908. The number of benzene rings is 1. The summed E-state index contributed by atoms with van der Waals surface area (Å²) in [4.78, 5) is 25.6. The SMILES string of the molecule is C[C@@H](CC(=O)NCCC[NH+]1CCOCC1)CC(=O)Nc1ccc(C#N)cc1. The average molecular weight is 373 g/mol. The molecule has 3 N–H and O–H groups in total. The molecular weight excluding hydrogens is 344 g/mol. The fourth-order valence-corrected chi connectivity index (χ4v) is 3.09. The third-order valence-corrected chi connectivity index (χ3v) is 4.59. The molecule has 0 aliphatic carbocycles. The number of nitrogens with one attached hydrogen (secondary N) is 3. The number of carbonyl (C=O) groups excluding carboxylic acids is 2. The number of amides is 2. The van der Waals surface area contributed by atoms with Gasteiger partial charge in [-0.05, 0) is 30.2 Å². The lowest BCUT2D eigenvalue weighted by Crippen LogP contribution is -3.14. The van der Waals surface area contributed by atoms with Crippen LogP contribution >= 0.6 is 0 Å². The predicted molar refractivity (Wildman–Crippen MR) is 102 cm³/mol. The third kappa shape index (κ3) is 8.20. The Hall–Kier alpha value is -2.43. The van der Waals surface area contributed by atoms with Crippen molar-refractivity contribution < 1.29 is 19.2 Å². The van der Waals surface area contributed by atoms with E-state index in [9.17, 15) is 9.59 Å². The zero-order valence-corrected chi connectivity index (χ0v) is 15.9. The zero-order chi connectivity index (χ0) is 19.5. The van der Waals surface area contributed by atoms with Crippen LogP contribution in [0.1, 0.15) is 31.7 Å². The van der Waals surface area contributed by atoms with Gasteiger partial charge in [-0.25, -0.2) is 0 Å². The zero-order valence-electron chi connectivity index (χ0n) is 15.9. The lowest BCUT2D eigenvalue weighted by atomic mass is 10.0. The third-order valence-electron chi connectivity index (χ3n) is 4.59. The van der Waals surface area contributed by atoms with Crippen molar-refractivity contribution in [1.29, 1.82) is 5.26 Å². The second-order valence-electron chi connectivity index (χ2n) is 7.07. The van der Waals surface area contributed by atoms with Crippen LogP contribution in [-0.4, -0.2) is 51.2 Å². The Kier molecular flexibility index (Phi) is 8.75. The maximum Gasteiger partial charge on any atom is 0.224 e. The van der Waals surface area contributed by atoms with Crippen molar-refractivity contribution in [2.75, 3.05) is 44.7 Å². The van der Waals surface area contributed by atoms with Gasteiger partial charge in [0.25, 0.3) is 0 Å². The maximum absolute atomic E-state index is 12.1. The molecule has 0 radical (unpaired) electrons. The molecule has 1 aromatic carbocycles. The first-order chi connectivity index (χ1) is 13.1. The van der Waals surface area contributed by atoms with E-state index < -0.39 is 0 Å². The molecule has 0 saturated carbocycles. The van der Waals surface area contributed by atoms with Crippen LogP contribution in [0.25, 0.3) is 0 Å². The molecule has 7 heteroatoms. The van der Waals surface area contributed by atoms with Gasteiger partial charge in [0, 0.05) is 31.5 Å². The number of rotatable bonds is 9. The van der Waals surface area contributed by atoms with E-state index in [2.05, 4.69) is 10.6 Å². The van der Waals surface area contributed by atoms with E-state index in [1.54, 1.807) is 24.3 Å². The number of hydrogen-bond donors (Lipinski definition) is 3. The van der Waals surface area contributed by atoms with Gasteiger partial charge in [-0.2, -0.15) is 5.26 Å². The molecule has 0 unspecified atom stereocenters. The van der Waals surface area contributed by atoms with Crippen molar-refractivity contribution in [2.45, 2.75) is 26.2 Å². The summed E-state index contributed by atoms with van der Waals surface area (Å²) in [7, 11) is 0. The van der Waals surface area contributed by atoms with E-state index in [1.165, 1.54) is 4.90 Å². The lowest BCUT2D eigenvalue weighted by Gasteiger charge is -2.23. The fourth-order valence-electron chi connectivity index (χ4n) is 3.09. The number of anilines is 1. The van der Waals surface area contributed by atoms with Gasteiger partial charge in [-0.15, -0.1) is 0 Å². The summed E-state index contributed by atoms with van der Waals surface area (Å²) in [5, 5.41) is 14.5. The summed E-state index contributed by atoms with van der Waals surface area (Å²) < 4.78 is 5.33. The van der Waals surface area contributed by atoms with E-state index in [0.717, 1.165) is 39.3 Å². The van der Waals surface area contributed by atoms with Gasteiger partial charge in [0.1, 0.15) is 13.1 Å². The van der Waals surface area contributed by atoms with Gasteiger partial charge >= 0.3 is 0 Å². The summed E-state index contributed by atoms with van der Waals surface area (Å²) >= 11 is 0. The number of morpholine rings is 1. The monoisotopic (exact) mass is 373 g/mol. The van der Waals surface area contributed by atoms with Crippen LogP contribution in [0.4, 0.5) is 5.69 Å². The summed E-state index contributed by atoms with van der Waals surface area (Å²) in [6, 6.07) is 8.75. The summed E-state index contributed by atoms with van der Waals surface area (Å²) in [6.07, 6.45) is 1.57. The fraction of sp³-hybridized carbons (Fsp3) is 0.550. The number of carbonyl (C=O) groups is 2. The van der Waals surface area contributed by atoms with Crippen LogP contribution < -0.4 is 15.5 Å². The molecular formula is C20H29N4O3+. The second kappa shape index (κ2) is 11.3. The molecule has 0 spiro atoms. The van der Waals surface area contributed by atoms with Crippen molar-refractivity contribution in [2.24, 2.45) is 5.92 Å². The Morgan fingerprint density at radius 3 is 2.52 bits per heavy atom. The van der Waals surface area contributed by atoms with E-state index in [1.807, 2.05) is 13.0 Å². The van der Waals surface area contributed by atoms with E-state index in [4.69, 9.17) is 10.00 Å². The summed E-state index contributed by atoms with van der Waals surface area (Å²) in [6.45, 7) is 7.35. The number of ether oxygens (including phenoxy) is 1. The molecule has 7 nitrogen and oxygen atoms in total. The van der Waals surface area contributed by atoms with Gasteiger partial charge in [-0.1, -0.05) is 6.92 Å². The smallest absolute Gasteiger partial charge is 0.224 e. The summed E-state index contributed by atoms with van der Waals surface area (Å²) in [5.41, 5.74) is 1.20. The largest absolute Gasteiger partial charge is 0.370 e. The van der Waals surface area contributed by atoms with E-state index in [0.29, 0.717) is 24.2 Å². The van der Waals surface area contributed by atoms with Gasteiger partial charge in [0.2, 0.25) is 11.8 Å². The minimum Gasteiger partial charge on any atom is -0.370 e. The Labute approximate surface area is 160 Å². The summed E-state index contributed by atoms with van der Waals surface area (Å²) in [5.74, 6) is -0.171. The highest BCUT2D eigenvalue weighted by atomic mass is 16.5. The standard InChI is InChI=1S/C20H28N4O3/c1-16(14-20(26)23-18-5-3-17(15-21)4-6-18)13-19(25)22-7-2-8-24-9-11-27-12-10-24/h3-6,16H,2,7-14H2,1H3,(H,22,25)(H,23,26)/p+1/t16-/m0/s1. The van der Waals surface area contributed by atoms with Crippen LogP contribution in [-0.2, 0) is 14.3 Å². The molecule has 27 heavy (non-hydrogen) atoms. The molecule has 1 aliphatic rings. The van der Waals surface area contributed by atoms with Crippen molar-refractivity contribution >= 4 is 17.5 Å². The van der Waals surface area contributed by atoms with Gasteiger partial charge in [0.05, 0.1) is 31.4 Å². The minimum atomic E-state index is -0.129. The molecule has 146 valence electrons. The highest BCUT2D eigenvalue weighted by molar-refractivity contribution is 5.91. The average Bonchev–Trinajstić information content (AvgIpc) is 2.66. The number of nitrogens with zero attached hydrogens (tertiary/aromatic N) is 1.